The van der Waals surface area contributed by atoms with Crippen molar-refractivity contribution >= 4 is 23.1 Å². The molecule has 1 aliphatic rings. The van der Waals surface area contributed by atoms with Crippen LogP contribution in [-0.4, -0.2) is 16.9 Å². The zero-order valence-corrected chi connectivity index (χ0v) is 10.3. The van der Waals surface area contributed by atoms with E-state index in [4.69, 9.17) is 18.0 Å². The molecule has 1 aliphatic carbocycles. The fraction of sp³-hybridized carbons (Fsp3) is 0.818. The molecule has 0 saturated heterocycles. The van der Waals surface area contributed by atoms with Gasteiger partial charge in [-0.2, -0.15) is 0 Å². The van der Waals surface area contributed by atoms with Crippen molar-refractivity contribution in [3.05, 3.63) is 0 Å². The quantitative estimate of drug-likeness (QED) is 0.724. The van der Waals surface area contributed by atoms with Crippen LogP contribution in [0.4, 0.5) is 0 Å². The molecule has 3 N–H and O–H groups in total. The molecule has 86 valence electrons. The van der Waals surface area contributed by atoms with Crippen molar-refractivity contribution in [2.75, 3.05) is 0 Å². The normalized spacial score (nSPS) is 24.5. The maximum atomic E-state index is 11.5. The van der Waals surface area contributed by atoms with Crippen LogP contribution in [0, 0.1) is 5.41 Å². The van der Waals surface area contributed by atoms with Gasteiger partial charge in [-0.25, -0.2) is 0 Å². The highest BCUT2D eigenvalue weighted by Gasteiger charge is 2.28. The number of carbonyl (C=O) groups excluding carboxylic acids is 1. The first-order chi connectivity index (χ1) is 6.89. The Labute approximate surface area is 96.8 Å². The Morgan fingerprint density at radius 2 is 2.27 bits per heavy atom. The van der Waals surface area contributed by atoms with E-state index in [9.17, 15) is 4.79 Å². The van der Waals surface area contributed by atoms with Gasteiger partial charge in [0.05, 0.1) is 11.4 Å². The molecule has 15 heavy (non-hydrogen) atoms. The van der Waals surface area contributed by atoms with E-state index in [1.807, 2.05) is 0 Å². The van der Waals surface area contributed by atoms with Crippen molar-refractivity contribution in [2.45, 2.75) is 52.0 Å². The minimum atomic E-state index is -0.0369. The van der Waals surface area contributed by atoms with E-state index in [0.29, 0.717) is 11.5 Å². The van der Waals surface area contributed by atoms with Crippen LogP contribution in [0.2, 0.25) is 0 Å². The summed E-state index contributed by atoms with van der Waals surface area (Å²) < 4.78 is 0. The molecule has 1 fully saturated rings. The Kier molecular flexibility index (Phi) is 4.08. The lowest BCUT2D eigenvalue weighted by Gasteiger charge is -2.35. The molecule has 1 atom stereocenters. The highest BCUT2D eigenvalue weighted by atomic mass is 32.1. The van der Waals surface area contributed by atoms with Gasteiger partial charge in [0, 0.05) is 6.04 Å². The Bertz CT molecular complexity index is 263. The van der Waals surface area contributed by atoms with Gasteiger partial charge in [0.15, 0.2) is 0 Å². The van der Waals surface area contributed by atoms with Crippen LogP contribution >= 0.6 is 12.2 Å². The number of amides is 1. The van der Waals surface area contributed by atoms with Gasteiger partial charge in [0.2, 0.25) is 5.91 Å². The number of carbonyl (C=O) groups is 1. The summed E-state index contributed by atoms with van der Waals surface area (Å²) >= 11 is 4.70. The van der Waals surface area contributed by atoms with Crippen LogP contribution in [0.5, 0.6) is 0 Å². The molecule has 0 aromatic rings. The van der Waals surface area contributed by atoms with E-state index in [0.717, 1.165) is 12.8 Å². The maximum Gasteiger partial charge on any atom is 0.227 e. The second-order valence-electron chi connectivity index (χ2n) is 5.17. The molecule has 0 bridgehead atoms. The highest BCUT2D eigenvalue weighted by molar-refractivity contribution is 7.80. The summed E-state index contributed by atoms with van der Waals surface area (Å²) in [4.78, 5) is 11.7. The summed E-state index contributed by atoms with van der Waals surface area (Å²) in [6.45, 7) is 4.50. The van der Waals surface area contributed by atoms with Crippen LogP contribution in [0.25, 0.3) is 0 Å². The Hall–Kier alpha value is -0.640. The predicted molar refractivity (Wildman–Crippen MR) is 65.6 cm³/mol. The van der Waals surface area contributed by atoms with Crippen molar-refractivity contribution in [1.29, 1.82) is 0 Å². The summed E-state index contributed by atoms with van der Waals surface area (Å²) in [6, 6.07) is 0.301. The molecule has 0 radical (unpaired) electrons. The van der Waals surface area contributed by atoms with Gasteiger partial charge in [-0.3, -0.25) is 4.79 Å². The highest BCUT2D eigenvalue weighted by Crippen LogP contribution is 2.34. The largest absolute Gasteiger partial charge is 0.393 e. The first-order valence-corrected chi connectivity index (χ1v) is 5.87. The molecule has 0 aromatic carbocycles. The molecule has 3 nitrogen and oxygen atoms in total. The van der Waals surface area contributed by atoms with Crippen molar-refractivity contribution in [2.24, 2.45) is 11.1 Å². The maximum absolute atomic E-state index is 11.5. The molecule has 4 heteroatoms. The average molecular weight is 228 g/mol. The van der Waals surface area contributed by atoms with Gasteiger partial charge in [-0.1, -0.05) is 32.5 Å². The third kappa shape index (κ3) is 4.60. The Morgan fingerprint density at radius 3 is 2.80 bits per heavy atom. The summed E-state index contributed by atoms with van der Waals surface area (Å²) in [5, 5.41) is 3.00. The Balaban J connectivity index is 2.38. The average Bonchev–Trinajstić information content (AvgIpc) is 1.99. The van der Waals surface area contributed by atoms with Gasteiger partial charge < -0.3 is 11.1 Å². The number of rotatable bonds is 3. The third-order valence-electron chi connectivity index (χ3n) is 2.91. The monoisotopic (exact) mass is 228 g/mol. The second-order valence-corrected chi connectivity index (χ2v) is 5.69. The van der Waals surface area contributed by atoms with Crippen LogP contribution in [0.1, 0.15) is 46.0 Å². The van der Waals surface area contributed by atoms with Crippen molar-refractivity contribution < 1.29 is 4.79 Å². The molecule has 0 aliphatic heterocycles. The summed E-state index contributed by atoms with van der Waals surface area (Å²) in [5.41, 5.74) is 5.67. The number of hydrogen-bond acceptors (Lipinski definition) is 2. The van der Waals surface area contributed by atoms with Gasteiger partial charge in [-0.05, 0) is 24.7 Å². The SMILES string of the molecule is CC1(C)CCCC(NC(=O)CC(N)=S)C1. The van der Waals surface area contributed by atoms with Gasteiger partial charge >= 0.3 is 0 Å². The van der Waals surface area contributed by atoms with E-state index in [-0.39, 0.29) is 17.3 Å². The van der Waals surface area contributed by atoms with Crippen molar-refractivity contribution in [1.82, 2.24) is 5.32 Å². The topological polar surface area (TPSA) is 55.1 Å². The third-order valence-corrected chi connectivity index (χ3v) is 3.05. The lowest BCUT2D eigenvalue weighted by Crippen LogP contribution is -2.41. The van der Waals surface area contributed by atoms with Crippen molar-refractivity contribution in [3.8, 4) is 0 Å². The minimum absolute atomic E-state index is 0.0369. The smallest absolute Gasteiger partial charge is 0.227 e. The van der Waals surface area contributed by atoms with Crippen LogP contribution in [-0.2, 0) is 4.79 Å². The van der Waals surface area contributed by atoms with Crippen LogP contribution < -0.4 is 11.1 Å². The van der Waals surface area contributed by atoms with Gasteiger partial charge in [-0.15, -0.1) is 0 Å². The molecule has 1 unspecified atom stereocenters. The molecule has 0 spiro atoms. The van der Waals surface area contributed by atoms with E-state index < -0.39 is 0 Å². The molecule has 0 aromatic heterocycles. The molecule has 1 amide bonds. The standard InChI is InChI=1S/C11H20N2OS/c1-11(2)5-3-4-8(7-11)13-10(14)6-9(12)15/h8H,3-7H2,1-2H3,(H2,12,15)(H,13,14). The van der Waals surface area contributed by atoms with Gasteiger partial charge in [0.1, 0.15) is 0 Å². The minimum Gasteiger partial charge on any atom is -0.393 e. The number of thiocarbonyl (C=S) groups is 1. The van der Waals surface area contributed by atoms with E-state index in [1.54, 1.807) is 0 Å². The first-order valence-electron chi connectivity index (χ1n) is 5.47. The van der Waals surface area contributed by atoms with E-state index in [1.165, 1.54) is 12.8 Å². The van der Waals surface area contributed by atoms with Crippen LogP contribution in [0.15, 0.2) is 0 Å². The molecular formula is C11H20N2OS. The molecule has 1 rings (SSSR count). The van der Waals surface area contributed by atoms with Gasteiger partial charge in [0.25, 0.3) is 0 Å². The molecular weight excluding hydrogens is 208 g/mol. The predicted octanol–water partition coefficient (Wildman–Crippen LogP) is 1.75. The zero-order valence-electron chi connectivity index (χ0n) is 9.51. The van der Waals surface area contributed by atoms with Crippen molar-refractivity contribution in [3.63, 3.8) is 0 Å². The van der Waals surface area contributed by atoms with Crippen LogP contribution in [0.3, 0.4) is 0 Å². The lowest BCUT2D eigenvalue weighted by atomic mass is 9.75. The lowest BCUT2D eigenvalue weighted by molar-refractivity contribution is -0.121. The fourth-order valence-electron chi connectivity index (χ4n) is 2.26. The fourth-order valence-corrected chi connectivity index (χ4v) is 2.39. The molecule has 0 heterocycles. The summed E-state index contributed by atoms with van der Waals surface area (Å²) in [6.07, 6.45) is 4.73. The van der Waals surface area contributed by atoms with E-state index >= 15 is 0 Å². The van der Waals surface area contributed by atoms with E-state index in [2.05, 4.69) is 19.2 Å². The first kappa shape index (κ1) is 12.4. The number of hydrogen-bond donors (Lipinski definition) is 2. The number of nitrogens with one attached hydrogen (secondary N) is 1. The second kappa shape index (κ2) is 4.92. The summed E-state index contributed by atoms with van der Waals surface area (Å²) in [7, 11) is 0. The molecule has 1 saturated carbocycles. The Morgan fingerprint density at radius 1 is 1.60 bits per heavy atom. The number of nitrogens with two attached hydrogens (primary N) is 1. The summed E-state index contributed by atoms with van der Waals surface area (Å²) in [5.74, 6) is -0.0369. The zero-order chi connectivity index (χ0) is 11.5.